The summed E-state index contributed by atoms with van der Waals surface area (Å²) in [5.41, 5.74) is 2.12. The van der Waals surface area contributed by atoms with Crippen molar-refractivity contribution < 1.29 is 9.35 Å². The molecule has 0 atom stereocenters. The lowest BCUT2D eigenvalue weighted by molar-refractivity contribution is -0.116. The van der Waals surface area contributed by atoms with Crippen molar-refractivity contribution in [3.8, 4) is 0 Å². The van der Waals surface area contributed by atoms with Crippen LogP contribution in [-0.2, 0) is 11.2 Å². The standard InChI is InChI=1S/C10H11NO2S/c1-7(12)11-5-4-8-6-9(14-13)2-3-10(8)11/h2-3,6,13H,4-5H2,1H3. The highest BCUT2D eigenvalue weighted by Crippen LogP contribution is 2.31. The van der Waals surface area contributed by atoms with Crippen molar-refractivity contribution in [3.63, 3.8) is 0 Å². The first-order chi connectivity index (χ1) is 6.72. The van der Waals surface area contributed by atoms with E-state index in [1.807, 2.05) is 18.2 Å². The molecule has 0 bridgehead atoms. The number of hydrogen-bond donors (Lipinski definition) is 1. The summed E-state index contributed by atoms with van der Waals surface area (Å²) in [4.78, 5) is 13.8. The largest absolute Gasteiger partial charge is 0.325 e. The molecule has 1 amide bonds. The van der Waals surface area contributed by atoms with Crippen LogP contribution in [0.4, 0.5) is 5.69 Å². The van der Waals surface area contributed by atoms with Crippen LogP contribution in [0.1, 0.15) is 12.5 Å². The summed E-state index contributed by atoms with van der Waals surface area (Å²) in [6.45, 7) is 2.33. The lowest BCUT2D eigenvalue weighted by atomic mass is 10.2. The number of carbonyl (C=O) groups excluding carboxylic acids is 1. The molecule has 1 aromatic carbocycles. The molecule has 74 valence electrons. The van der Waals surface area contributed by atoms with Crippen LogP contribution in [0.25, 0.3) is 0 Å². The Bertz CT molecular complexity index is 378. The third-order valence-electron chi connectivity index (χ3n) is 2.43. The van der Waals surface area contributed by atoms with Gasteiger partial charge in [-0.25, -0.2) is 0 Å². The molecule has 0 aliphatic carbocycles. The van der Waals surface area contributed by atoms with Gasteiger partial charge in [0.1, 0.15) is 0 Å². The Kier molecular flexibility index (Phi) is 2.48. The topological polar surface area (TPSA) is 40.5 Å². The minimum Gasteiger partial charge on any atom is -0.325 e. The normalized spacial score (nSPS) is 14.3. The number of rotatable bonds is 1. The van der Waals surface area contributed by atoms with Crippen molar-refractivity contribution in [2.45, 2.75) is 18.2 Å². The molecule has 1 heterocycles. The predicted octanol–water partition coefficient (Wildman–Crippen LogP) is 2.16. The molecule has 0 saturated carbocycles. The van der Waals surface area contributed by atoms with E-state index in [1.54, 1.807) is 11.8 Å². The molecule has 0 radical (unpaired) electrons. The quantitative estimate of drug-likeness (QED) is 0.720. The highest BCUT2D eigenvalue weighted by atomic mass is 32.2. The molecule has 0 saturated heterocycles. The van der Waals surface area contributed by atoms with E-state index in [4.69, 9.17) is 4.55 Å². The van der Waals surface area contributed by atoms with Crippen molar-refractivity contribution in [2.75, 3.05) is 11.4 Å². The highest BCUT2D eigenvalue weighted by molar-refractivity contribution is 7.93. The van der Waals surface area contributed by atoms with E-state index in [0.29, 0.717) is 0 Å². The summed E-state index contributed by atoms with van der Waals surface area (Å²) in [7, 11) is 0. The van der Waals surface area contributed by atoms with E-state index in [2.05, 4.69) is 0 Å². The second-order valence-corrected chi connectivity index (χ2v) is 3.96. The molecule has 3 nitrogen and oxygen atoms in total. The smallest absolute Gasteiger partial charge is 0.223 e. The summed E-state index contributed by atoms with van der Waals surface area (Å²) >= 11 is 0.741. The van der Waals surface area contributed by atoms with Crippen LogP contribution < -0.4 is 4.90 Å². The van der Waals surface area contributed by atoms with Crippen molar-refractivity contribution in [2.24, 2.45) is 0 Å². The maximum atomic E-state index is 11.2. The third-order valence-corrected chi connectivity index (χ3v) is 2.90. The van der Waals surface area contributed by atoms with Crippen LogP contribution in [0.3, 0.4) is 0 Å². The average molecular weight is 209 g/mol. The highest BCUT2D eigenvalue weighted by Gasteiger charge is 2.21. The molecule has 4 heteroatoms. The fourth-order valence-electron chi connectivity index (χ4n) is 1.76. The number of hydrogen-bond acceptors (Lipinski definition) is 3. The molecule has 0 unspecified atom stereocenters. The van der Waals surface area contributed by atoms with Crippen molar-refractivity contribution in [1.82, 2.24) is 0 Å². The lowest BCUT2D eigenvalue weighted by Crippen LogP contribution is -2.25. The molecule has 1 N–H and O–H groups in total. The van der Waals surface area contributed by atoms with Gasteiger partial charge in [-0.05, 0) is 30.2 Å². The van der Waals surface area contributed by atoms with E-state index in [9.17, 15) is 4.79 Å². The second kappa shape index (κ2) is 3.63. The van der Waals surface area contributed by atoms with Crippen LogP contribution >= 0.6 is 12.0 Å². The van der Waals surface area contributed by atoms with Crippen LogP contribution in [0.15, 0.2) is 23.1 Å². The summed E-state index contributed by atoms with van der Waals surface area (Å²) < 4.78 is 8.88. The fourth-order valence-corrected chi connectivity index (χ4v) is 2.09. The minimum absolute atomic E-state index is 0.0770. The van der Waals surface area contributed by atoms with Gasteiger partial charge < -0.3 is 9.45 Å². The van der Waals surface area contributed by atoms with Crippen LogP contribution in [0.2, 0.25) is 0 Å². The van der Waals surface area contributed by atoms with E-state index >= 15 is 0 Å². The van der Waals surface area contributed by atoms with Gasteiger partial charge in [-0.1, -0.05) is 0 Å². The zero-order chi connectivity index (χ0) is 10.1. The van der Waals surface area contributed by atoms with Crippen LogP contribution in [0, 0.1) is 0 Å². The van der Waals surface area contributed by atoms with E-state index in [-0.39, 0.29) is 5.91 Å². The first kappa shape index (κ1) is 9.55. The van der Waals surface area contributed by atoms with E-state index in [0.717, 1.165) is 41.2 Å². The molecule has 0 aromatic heterocycles. The maximum Gasteiger partial charge on any atom is 0.223 e. The van der Waals surface area contributed by atoms with Crippen molar-refractivity contribution >= 4 is 23.6 Å². The van der Waals surface area contributed by atoms with Gasteiger partial charge in [-0.15, -0.1) is 0 Å². The van der Waals surface area contributed by atoms with Crippen LogP contribution in [0.5, 0.6) is 0 Å². The number of fused-ring (bicyclic) bond motifs is 1. The maximum absolute atomic E-state index is 11.2. The first-order valence-corrected chi connectivity index (χ1v) is 5.22. The summed E-state index contributed by atoms with van der Waals surface area (Å²) in [6, 6.07) is 5.65. The molecule has 0 fully saturated rings. The number of nitrogens with zero attached hydrogens (tertiary/aromatic N) is 1. The molecular weight excluding hydrogens is 198 g/mol. The number of anilines is 1. The molecule has 1 aliphatic rings. The van der Waals surface area contributed by atoms with Crippen molar-refractivity contribution in [1.29, 1.82) is 0 Å². The number of benzene rings is 1. The van der Waals surface area contributed by atoms with Crippen molar-refractivity contribution in [3.05, 3.63) is 23.8 Å². The van der Waals surface area contributed by atoms with E-state index in [1.165, 1.54) is 0 Å². The minimum atomic E-state index is 0.0770. The Morgan fingerprint density at radius 1 is 1.57 bits per heavy atom. The molecule has 1 aliphatic heterocycles. The van der Waals surface area contributed by atoms with E-state index < -0.39 is 0 Å². The Labute approximate surface area is 86.9 Å². The monoisotopic (exact) mass is 209 g/mol. The fraction of sp³-hybridized carbons (Fsp3) is 0.300. The Hall–Kier alpha value is -1.00. The number of carbonyl (C=O) groups is 1. The molecule has 1 aromatic rings. The summed E-state index contributed by atoms with van der Waals surface area (Å²) in [6.07, 6.45) is 0.878. The zero-order valence-electron chi connectivity index (χ0n) is 7.86. The molecule has 14 heavy (non-hydrogen) atoms. The molecular formula is C10H11NO2S. The van der Waals surface area contributed by atoms with Crippen LogP contribution in [-0.4, -0.2) is 17.0 Å². The van der Waals surface area contributed by atoms with Gasteiger partial charge in [0.25, 0.3) is 0 Å². The zero-order valence-corrected chi connectivity index (χ0v) is 8.67. The van der Waals surface area contributed by atoms with Gasteiger partial charge in [0.2, 0.25) is 5.91 Å². The second-order valence-electron chi connectivity index (χ2n) is 3.30. The lowest BCUT2D eigenvalue weighted by Gasteiger charge is -2.14. The molecule has 0 spiro atoms. The van der Waals surface area contributed by atoms with Gasteiger partial charge >= 0.3 is 0 Å². The van der Waals surface area contributed by atoms with Gasteiger partial charge in [-0.2, -0.15) is 0 Å². The predicted molar refractivity (Wildman–Crippen MR) is 56.7 cm³/mol. The van der Waals surface area contributed by atoms with Gasteiger partial charge in [0, 0.05) is 36.1 Å². The van der Waals surface area contributed by atoms with Gasteiger partial charge in [-0.3, -0.25) is 4.79 Å². The Morgan fingerprint density at radius 3 is 3.00 bits per heavy atom. The molecule has 2 rings (SSSR count). The summed E-state index contributed by atoms with van der Waals surface area (Å²) in [5.74, 6) is 0.0770. The first-order valence-electron chi connectivity index (χ1n) is 4.45. The summed E-state index contributed by atoms with van der Waals surface area (Å²) in [5, 5.41) is 0. The third kappa shape index (κ3) is 1.51. The SMILES string of the molecule is CC(=O)N1CCc2cc(SO)ccc21. The average Bonchev–Trinajstić information content (AvgIpc) is 2.59. The number of amides is 1. The van der Waals surface area contributed by atoms with Gasteiger partial charge in [0.05, 0.1) is 0 Å². The van der Waals surface area contributed by atoms with Gasteiger partial charge in [0.15, 0.2) is 0 Å². The Morgan fingerprint density at radius 2 is 2.36 bits per heavy atom. The Balaban J connectivity index is 2.38.